The molecular weight excluding hydrogens is 134 g/mol. The van der Waals surface area contributed by atoms with Crippen LogP contribution in [0.4, 0.5) is 0 Å². The fraction of sp³-hybridized carbons (Fsp3) is 0.200. The number of carbonyl (C=O) groups excluding carboxylic acids is 1. The van der Waals surface area contributed by atoms with Gasteiger partial charge in [0.1, 0.15) is 13.2 Å². The molecule has 0 bridgehead atoms. The average molecular weight is 140 g/mol. The SMILES string of the molecule is [CH2]C(=O)N/C(C#N)=N/OC. The standard InChI is InChI=1S/C5H6N3O2/c1-4(9)7-5(3-6)8-10-2/h1H2,2H3,(H,7,8,9). The van der Waals surface area contributed by atoms with Gasteiger partial charge in [-0.1, -0.05) is 5.16 Å². The third-order valence-corrected chi connectivity index (χ3v) is 0.546. The molecule has 5 nitrogen and oxygen atoms in total. The number of rotatable bonds is 1. The highest BCUT2D eigenvalue weighted by molar-refractivity contribution is 6.07. The van der Waals surface area contributed by atoms with Crippen molar-refractivity contribution in [1.82, 2.24) is 5.32 Å². The second-order valence-electron chi connectivity index (χ2n) is 1.28. The lowest BCUT2D eigenvalue weighted by atomic mass is 10.6. The molecule has 0 aromatic carbocycles. The van der Waals surface area contributed by atoms with Gasteiger partial charge in [0.15, 0.2) is 0 Å². The van der Waals surface area contributed by atoms with Gasteiger partial charge in [-0.25, -0.2) is 0 Å². The molecule has 1 N–H and O–H groups in total. The van der Waals surface area contributed by atoms with E-state index < -0.39 is 5.91 Å². The third-order valence-electron chi connectivity index (χ3n) is 0.546. The Morgan fingerprint density at radius 1 is 1.90 bits per heavy atom. The minimum absolute atomic E-state index is 0.206. The highest BCUT2D eigenvalue weighted by Crippen LogP contribution is 1.72. The molecule has 0 aliphatic rings. The second kappa shape index (κ2) is 4.32. The summed E-state index contributed by atoms with van der Waals surface area (Å²) in [4.78, 5) is 14.4. The zero-order valence-electron chi connectivity index (χ0n) is 5.42. The summed E-state index contributed by atoms with van der Waals surface area (Å²) in [6.45, 7) is 2.97. The molecule has 0 aromatic heterocycles. The molecule has 0 atom stereocenters. The maximum Gasteiger partial charge on any atom is 0.250 e. The van der Waals surface area contributed by atoms with E-state index in [9.17, 15) is 4.79 Å². The summed E-state index contributed by atoms with van der Waals surface area (Å²) in [7, 11) is 1.27. The van der Waals surface area contributed by atoms with E-state index in [1.165, 1.54) is 7.11 Å². The van der Waals surface area contributed by atoms with Crippen LogP contribution < -0.4 is 5.32 Å². The topological polar surface area (TPSA) is 74.5 Å². The monoisotopic (exact) mass is 140 g/mol. The van der Waals surface area contributed by atoms with Gasteiger partial charge >= 0.3 is 0 Å². The van der Waals surface area contributed by atoms with Crippen molar-refractivity contribution in [2.45, 2.75) is 0 Å². The van der Waals surface area contributed by atoms with Crippen LogP contribution in [0, 0.1) is 18.3 Å². The normalized spacial score (nSPS) is 9.90. The van der Waals surface area contributed by atoms with Gasteiger partial charge in [-0.2, -0.15) is 5.26 Å². The molecule has 0 saturated carbocycles. The molecule has 53 valence electrons. The lowest BCUT2D eigenvalue weighted by Crippen LogP contribution is -2.26. The van der Waals surface area contributed by atoms with Crippen LogP contribution >= 0.6 is 0 Å². The van der Waals surface area contributed by atoms with Gasteiger partial charge in [0.05, 0.1) is 0 Å². The first-order valence-corrected chi connectivity index (χ1v) is 2.35. The third kappa shape index (κ3) is 3.43. The molecule has 0 fully saturated rings. The van der Waals surface area contributed by atoms with E-state index in [-0.39, 0.29) is 5.84 Å². The Balaban J connectivity index is 3.99. The van der Waals surface area contributed by atoms with E-state index in [1.807, 2.05) is 5.32 Å². The van der Waals surface area contributed by atoms with E-state index >= 15 is 0 Å². The van der Waals surface area contributed by atoms with Crippen molar-refractivity contribution >= 4 is 11.7 Å². The predicted octanol–water partition coefficient (Wildman–Crippen LogP) is -0.580. The number of nitrogens with one attached hydrogen (secondary N) is 1. The van der Waals surface area contributed by atoms with Gasteiger partial charge in [-0.15, -0.1) is 0 Å². The molecule has 0 heterocycles. The average Bonchev–Trinajstić information content (AvgIpc) is 1.86. The zero-order valence-corrected chi connectivity index (χ0v) is 5.42. The molecular formula is C5H6N3O2. The minimum atomic E-state index is -0.600. The fourth-order valence-electron chi connectivity index (χ4n) is 0.295. The summed E-state index contributed by atoms with van der Waals surface area (Å²) in [6, 6.07) is 1.59. The van der Waals surface area contributed by atoms with Crippen molar-refractivity contribution in [3.63, 3.8) is 0 Å². The molecule has 1 amide bonds. The van der Waals surface area contributed by atoms with Crippen LogP contribution in [0.2, 0.25) is 0 Å². The Morgan fingerprint density at radius 3 is 2.80 bits per heavy atom. The van der Waals surface area contributed by atoms with Crippen molar-refractivity contribution in [1.29, 1.82) is 5.26 Å². The quantitative estimate of drug-likeness (QED) is 0.301. The Hall–Kier alpha value is -1.57. The summed E-state index contributed by atoms with van der Waals surface area (Å²) >= 11 is 0. The van der Waals surface area contributed by atoms with Crippen LogP contribution in [0.15, 0.2) is 5.16 Å². The summed E-state index contributed by atoms with van der Waals surface area (Å²) in [5.41, 5.74) is 0. The van der Waals surface area contributed by atoms with Crippen molar-refractivity contribution < 1.29 is 9.63 Å². The van der Waals surface area contributed by atoms with Crippen LogP contribution in [0.5, 0.6) is 0 Å². The smallest absolute Gasteiger partial charge is 0.250 e. The number of oxime groups is 1. The number of nitrogens with zero attached hydrogens (tertiary/aromatic N) is 2. The molecule has 0 rings (SSSR count). The van der Waals surface area contributed by atoms with Crippen molar-refractivity contribution in [2.75, 3.05) is 7.11 Å². The van der Waals surface area contributed by atoms with Crippen LogP contribution in [0.1, 0.15) is 0 Å². The Labute approximate surface area is 58.3 Å². The van der Waals surface area contributed by atoms with E-state index in [0.717, 1.165) is 0 Å². The Kier molecular flexibility index (Phi) is 3.64. The van der Waals surface area contributed by atoms with Crippen LogP contribution in [0.3, 0.4) is 0 Å². The van der Waals surface area contributed by atoms with Crippen molar-refractivity contribution in [3.05, 3.63) is 6.92 Å². The van der Waals surface area contributed by atoms with E-state index in [4.69, 9.17) is 5.26 Å². The molecule has 5 heteroatoms. The summed E-state index contributed by atoms with van der Waals surface area (Å²) in [6.07, 6.45) is 0. The first-order chi connectivity index (χ1) is 4.70. The number of amidine groups is 1. The number of hydrogen-bond donors (Lipinski definition) is 1. The van der Waals surface area contributed by atoms with Crippen LogP contribution in [0.25, 0.3) is 0 Å². The maximum atomic E-state index is 10.2. The summed E-state index contributed by atoms with van der Waals surface area (Å²) in [5, 5.41) is 13.4. The number of carbonyl (C=O) groups is 1. The van der Waals surface area contributed by atoms with Crippen LogP contribution in [-0.2, 0) is 9.63 Å². The second-order valence-corrected chi connectivity index (χ2v) is 1.28. The van der Waals surface area contributed by atoms with E-state index in [1.54, 1.807) is 6.07 Å². The van der Waals surface area contributed by atoms with Gasteiger partial charge in [0.25, 0.3) is 0 Å². The largest absolute Gasteiger partial charge is 0.397 e. The molecule has 0 aliphatic heterocycles. The molecule has 0 unspecified atom stereocenters. The molecule has 0 aromatic rings. The number of amides is 1. The highest BCUT2D eigenvalue weighted by atomic mass is 16.6. The maximum absolute atomic E-state index is 10.2. The first kappa shape index (κ1) is 8.43. The summed E-state index contributed by atoms with van der Waals surface area (Å²) in [5.74, 6) is -0.806. The molecule has 0 saturated heterocycles. The van der Waals surface area contributed by atoms with Crippen molar-refractivity contribution in [3.8, 4) is 6.07 Å². The Morgan fingerprint density at radius 2 is 2.50 bits per heavy atom. The number of nitriles is 1. The van der Waals surface area contributed by atoms with Gasteiger partial charge in [-0.3, -0.25) is 10.1 Å². The van der Waals surface area contributed by atoms with E-state index in [0.29, 0.717) is 0 Å². The predicted molar refractivity (Wildman–Crippen MR) is 33.6 cm³/mol. The van der Waals surface area contributed by atoms with Gasteiger partial charge in [-0.05, 0) is 0 Å². The van der Waals surface area contributed by atoms with Gasteiger partial charge < -0.3 is 4.84 Å². The first-order valence-electron chi connectivity index (χ1n) is 2.35. The fourth-order valence-corrected chi connectivity index (χ4v) is 0.295. The minimum Gasteiger partial charge on any atom is -0.397 e. The van der Waals surface area contributed by atoms with Gasteiger partial charge in [0, 0.05) is 6.92 Å². The lowest BCUT2D eigenvalue weighted by molar-refractivity contribution is -0.115. The lowest BCUT2D eigenvalue weighted by Gasteiger charge is -1.93. The molecule has 10 heavy (non-hydrogen) atoms. The number of hydrogen-bond acceptors (Lipinski definition) is 4. The van der Waals surface area contributed by atoms with Crippen LogP contribution in [-0.4, -0.2) is 18.9 Å². The van der Waals surface area contributed by atoms with E-state index in [2.05, 4.69) is 16.9 Å². The molecule has 1 radical (unpaired) electrons. The van der Waals surface area contributed by atoms with Gasteiger partial charge in [0.2, 0.25) is 11.7 Å². The molecule has 0 spiro atoms. The molecule has 0 aliphatic carbocycles. The van der Waals surface area contributed by atoms with Crippen molar-refractivity contribution in [2.24, 2.45) is 5.16 Å². The summed E-state index contributed by atoms with van der Waals surface area (Å²) < 4.78 is 0. The highest BCUT2D eigenvalue weighted by Gasteiger charge is 1.97. The zero-order chi connectivity index (χ0) is 7.98. The Bertz CT molecular complexity index is 192.